The molecule has 0 radical (unpaired) electrons. The molecule has 1 fully saturated rings. The summed E-state index contributed by atoms with van der Waals surface area (Å²) in [6, 6.07) is 5.70. The molecule has 1 unspecified atom stereocenters. The van der Waals surface area contributed by atoms with Gasteiger partial charge >= 0.3 is 0 Å². The second-order valence-electron chi connectivity index (χ2n) is 6.48. The van der Waals surface area contributed by atoms with Crippen LogP contribution >= 0.6 is 0 Å². The first-order valence-corrected chi connectivity index (χ1v) is 8.92. The highest BCUT2D eigenvalue weighted by Crippen LogP contribution is 2.25. The molecule has 0 spiro atoms. The fraction of sp³-hybridized carbons (Fsp3) is 0.368. The van der Waals surface area contributed by atoms with Gasteiger partial charge in [0.25, 0.3) is 17.7 Å². The molecule has 1 aliphatic heterocycles. The Labute approximate surface area is 156 Å². The molecule has 1 amide bonds. The summed E-state index contributed by atoms with van der Waals surface area (Å²) in [4.78, 5) is 27.8. The highest BCUT2D eigenvalue weighted by Gasteiger charge is 2.29. The predicted molar refractivity (Wildman–Crippen MR) is 98.1 cm³/mol. The topological polar surface area (TPSA) is 81.9 Å². The Morgan fingerprint density at radius 1 is 1.22 bits per heavy atom. The smallest absolute Gasteiger partial charge is 0.278 e. The molecule has 4 rings (SSSR count). The number of ether oxygens (including phenoxy) is 2. The fourth-order valence-electron chi connectivity index (χ4n) is 3.43. The number of rotatable bonds is 4. The zero-order valence-corrected chi connectivity index (χ0v) is 15.3. The lowest BCUT2D eigenvalue weighted by atomic mass is 10.1. The van der Waals surface area contributed by atoms with E-state index in [0.29, 0.717) is 30.5 Å². The van der Waals surface area contributed by atoms with Gasteiger partial charge in [-0.1, -0.05) is 6.07 Å². The average molecular weight is 367 g/mol. The van der Waals surface area contributed by atoms with Gasteiger partial charge in [-0.3, -0.25) is 9.20 Å². The van der Waals surface area contributed by atoms with Crippen LogP contribution in [0.2, 0.25) is 0 Å². The number of carbonyl (C=O) groups excluding carboxylic acids is 1. The van der Waals surface area contributed by atoms with Crippen molar-refractivity contribution < 1.29 is 14.3 Å². The molecule has 3 aromatic rings. The van der Waals surface area contributed by atoms with Gasteiger partial charge in [0.15, 0.2) is 0 Å². The van der Waals surface area contributed by atoms with Crippen LogP contribution in [-0.2, 0) is 0 Å². The molecule has 3 aromatic heterocycles. The molecule has 0 bridgehead atoms. The summed E-state index contributed by atoms with van der Waals surface area (Å²) in [5.74, 6) is 0.662. The standard InChI is InChI=1S/C19H21N5O3/c1-13-16(24-11-4-3-7-15(24)22-13)19(25)23-10-5-6-14(12-23)27-18-17(26-2)20-8-9-21-18/h3-4,7-9,11,14H,5-6,10,12H2,1-2H3. The van der Waals surface area contributed by atoms with E-state index in [0.717, 1.165) is 24.2 Å². The third-order valence-electron chi connectivity index (χ3n) is 4.68. The molecule has 1 aliphatic rings. The number of aromatic nitrogens is 4. The Hall–Kier alpha value is -3.16. The Kier molecular flexibility index (Phi) is 4.62. The lowest BCUT2D eigenvalue weighted by Gasteiger charge is -2.32. The van der Waals surface area contributed by atoms with Crippen molar-refractivity contribution in [1.29, 1.82) is 0 Å². The van der Waals surface area contributed by atoms with Gasteiger partial charge in [-0.2, -0.15) is 0 Å². The molecule has 0 N–H and O–H groups in total. The zero-order chi connectivity index (χ0) is 18.8. The van der Waals surface area contributed by atoms with Crippen molar-refractivity contribution in [1.82, 2.24) is 24.3 Å². The summed E-state index contributed by atoms with van der Waals surface area (Å²) < 4.78 is 13.0. The van der Waals surface area contributed by atoms with Crippen LogP contribution in [0.4, 0.5) is 0 Å². The predicted octanol–water partition coefficient (Wildman–Crippen LogP) is 2.12. The Morgan fingerprint density at radius 2 is 2.04 bits per heavy atom. The number of fused-ring (bicyclic) bond motifs is 1. The number of likely N-dealkylation sites (tertiary alicyclic amines) is 1. The molecule has 27 heavy (non-hydrogen) atoms. The van der Waals surface area contributed by atoms with Gasteiger partial charge in [0, 0.05) is 25.1 Å². The van der Waals surface area contributed by atoms with Gasteiger partial charge in [-0.25, -0.2) is 15.0 Å². The van der Waals surface area contributed by atoms with Crippen LogP contribution in [0.3, 0.4) is 0 Å². The van der Waals surface area contributed by atoms with Crippen LogP contribution in [0, 0.1) is 6.92 Å². The number of imidazole rings is 1. The van der Waals surface area contributed by atoms with Gasteiger partial charge in [-0.05, 0) is 31.9 Å². The molecule has 8 heteroatoms. The molecule has 0 aromatic carbocycles. The minimum Gasteiger partial charge on any atom is -0.477 e. The first-order valence-electron chi connectivity index (χ1n) is 8.92. The number of hydrogen-bond donors (Lipinski definition) is 0. The van der Waals surface area contributed by atoms with E-state index in [-0.39, 0.29) is 12.0 Å². The number of amides is 1. The summed E-state index contributed by atoms with van der Waals surface area (Å²) in [5.41, 5.74) is 2.10. The molecular weight excluding hydrogens is 346 g/mol. The normalized spacial score (nSPS) is 17.1. The minimum absolute atomic E-state index is 0.0365. The van der Waals surface area contributed by atoms with Crippen molar-refractivity contribution in [3.63, 3.8) is 0 Å². The SMILES string of the molecule is COc1nccnc1OC1CCCN(C(=O)c2c(C)nc3ccccn23)C1. The van der Waals surface area contributed by atoms with Gasteiger partial charge in [-0.15, -0.1) is 0 Å². The molecule has 4 heterocycles. The van der Waals surface area contributed by atoms with E-state index >= 15 is 0 Å². The Bertz CT molecular complexity index is 971. The van der Waals surface area contributed by atoms with Gasteiger partial charge in [0.05, 0.1) is 19.3 Å². The van der Waals surface area contributed by atoms with Crippen LogP contribution in [0.15, 0.2) is 36.8 Å². The zero-order valence-electron chi connectivity index (χ0n) is 15.3. The summed E-state index contributed by atoms with van der Waals surface area (Å²) >= 11 is 0. The van der Waals surface area contributed by atoms with E-state index in [2.05, 4.69) is 15.0 Å². The highest BCUT2D eigenvalue weighted by atomic mass is 16.5. The van der Waals surface area contributed by atoms with E-state index in [1.165, 1.54) is 7.11 Å². The number of carbonyl (C=O) groups is 1. The maximum Gasteiger partial charge on any atom is 0.278 e. The van der Waals surface area contributed by atoms with Crippen LogP contribution in [0.25, 0.3) is 5.65 Å². The average Bonchev–Trinajstić information content (AvgIpc) is 3.03. The fourth-order valence-corrected chi connectivity index (χ4v) is 3.43. The van der Waals surface area contributed by atoms with E-state index in [1.807, 2.05) is 40.6 Å². The van der Waals surface area contributed by atoms with E-state index < -0.39 is 0 Å². The van der Waals surface area contributed by atoms with Crippen molar-refractivity contribution in [3.8, 4) is 11.8 Å². The number of aryl methyl sites for hydroxylation is 1. The van der Waals surface area contributed by atoms with Crippen molar-refractivity contribution in [2.24, 2.45) is 0 Å². The molecular formula is C19H21N5O3. The van der Waals surface area contributed by atoms with Gasteiger partial charge < -0.3 is 14.4 Å². The maximum atomic E-state index is 13.2. The third kappa shape index (κ3) is 3.30. The van der Waals surface area contributed by atoms with Gasteiger partial charge in [0.1, 0.15) is 17.4 Å². The third-order valence-corrected chi connectivity index (χ3v) is 4.68. The number of hydrogen-bond acceptors (Lipinski definition) is 6. The lowest BCUT2D eigenvalue weighted by Crippen LogP contribution is -2.45. The van der Waals surface area contributed by atoms with Crippen molar-refractivity contribution in [2.75, 3.05) is 20.2 Å². The van der Waals surface area contributed by atoms with E-state index in [4.69, 9.17) is 9.47 Å². The second kappa shape index (κ2) is 7.22. The number of piperidine rings is 1. The van der Waals surface area contributed by atoms with Crippen LogP contribution in [0.5, 0.6) is 11.8 Å². The lowest BCUT2D eigenvalue weighted by molar-refractivity contribution is 0.0512. The molecule has 8 nitrogen and oxygen atoms in total. The first kappa shape index (κ1) is 17.3. The van der Waals surface area contributed by atoms with Crippen LogP contribution in [0.1, 0.15) is 29.0 Å². The van der Waals surface area contributed by atoms with E-state index in [1.54, 1.807) is 12.4 Å². The van der Waals surface area contributed by atoms with Crippen molar-refractivity contribution >= 4 is 11.6 Å². The van der Waals surface area contributed by atoms with Gasteiger partial charge in [0.2, 0.25) is 0 Å². The van der Waals surface area contributed by atoms with Crippen molar-refractivity contribution in [3.05, 3.63) is 48.2 Å². The minimum atomic E-state index is -0.159. The molecule has 0 saturated carbocycles. The monoisotopic (exact) mass is 367 g/mol. The molecule has 1 atom stereocenters. The number of methoxy groups -OCH3 is 1. The first-order chi connectivity index (χ1) is 13.2. The quantitative estimate of drug-likeness (QED) is 0.703. The number of nitrogens with zero attached hydrogens (tertiary/aromatic N) is 5. The summed E-state index contributed by atoms with van der Waals surface area (Å²) in [6.45, 7) is 3.04. The Morgan fingerprint density at radius 3 is 2.85 bits per heavy atom. The summed E-state index contributed by atoms with van der Waals surface area (Å²) in [7, 11) is 1.53. The summed E-state index contributed by atoms with van der Waals surface area (Å²) in [6.07, 6.45) is 6.52. The second-order valence-corrected chi connectivity index (χ2v) is 6.48. The maximum absolute atomic E-state index is 13.2. The molecule has 140 valence electrons. The highest BCUT2D eigenvalue weighted by molar-refractivity contribution is 5.94. The van der Waals surface area contributed by atoms with Crippen LogP contribution < -0.4 is 9.47 Å². The van der Waals surface area contributed by atoms with Crippen LogP contribution in [-0.4, -0.2) is 56.5 Å². The molecule has 0 aliphatic carbocycles. The largest absolute Gasteiger partial charge is 0.477 e. The number of pyridine rings is 1. The molecule has 1 saturated heterocycles. The van der Waals surface area contributed by atoms with E-state index in [9.17, 15) is 4.79 Å². The Balaban J connectivity index is 1.54. The van der Waals surface area contributed by atoms with Crippen molar-refractivity contribution in [2.45, 2.75) is 25.9 Å². The summed E-state index contributed by atoms with van der Waals surface area (Å²) in [5, 5.41) is 0.